The van der Waals surface area contributed by atoms with Crippen molar-refractivity contribution in [2.24, 2.45) is 11.3 Å². The van der Waals surface area contributed by atoms with Gasteiger partial charge < -0.3 is 10.4 Å². The van der Waals surface area contributed by atoms with Gasteiger partial charge in [0.1, 0.15) is 5.82 Å². The van der Waals surface area contributed by atoms with E-state index in [2.05, 4.69) is 5.32 Å². The number of benzene rings is 1. The van der Waals surface area contributed by atoms with Gasteiger partial charge in [-0.1, -0.05) is 26.7 Å². The van der Waals surface area contributed by atoms with Crippen LogP contribution in [0.4, 0.5) is 10.1 Å². The lowest BCUT2D eigenvalue weighted by Gasteiger charge is -2.37. The first-order valence-corrected chi connectivity index (χ1v) is 7.15. The summed E-state index contributed by atoms with van der Waals surface area (Å²) in [6.45, 7) is 4.08. The molecule has 1 atom stereocenters. The third kappa shape index (κ3) is 3.40. The predicted octanol–water partition coefficient (Wildman–Crippen LogP) is 3.68. The lowest BCUT2D eigenvalue weighted by Crippen LogP contribution is -2.37. The topological polar surface area (TPSA) is 66.4 Å². The number of rotatable bonds is 3. The lowest BCUT2D eigenvalue weighted by atomic mass is 9.68. The van der Waals surface area contributed by atoms with Gasteiger partial charge >= 0.3 is 5.97 Å². The Kier molecular flexibility index (Phi) is 4.30. The minimum absolute atomic E-state index is 0.0467. The zero-order valence-corrected chi connectivity index (χ0v) is 12.3. The molecule has 0 bridgehead atoms. The predicted molar refractivity (Wildman–Crippen MR) is 77.7 cm³/mol. The maximum absolute atomic E-state index is 13.7. The Morgan fingerprint density at radius 1 is 1.33 bits per heavy atom. The standard InChI is InChI=1S/C16H20FNO3/c1-16(2)8-4-3-5-11(16)14(19)18-13-9-10(15(20)21)6-7-12(13)17/h6-7,9,11H,3-5,8H2,1-2H3,(H,18,19)(H,20,21). The molecule has 1 aromatic carbocycles. The molecule has 1 unspecified atom stereocenters. The van der Waals surface area contributed by atoms with Gasteiger partial charge in [-0.2, -0.15) is 0 Å². The monoisotopic (exact) mass is 293 g/mol. The number of carbonyl (C=O) groups is 2. The Hall–Kier alpha value is -1.91. The van der Waals surface area contributed by atoms with Crippen LogP contribution in [0.5, 0.6) is 0 Å². The van der Waals surface area contributed by atoms with E-state index in [-0.39, 0.29) is 28.5 Å². The van der Waals surface area contributed by atoms with E-state index in [1.807, 2.05) is 13.8 Å². The van der Waals surface area contributed by atoms with Crippen molar-refractivity contribution in [3.05, 3.63) is 29.6 Å². The lowest BCUT2D eigenvalue weighted by molar-refractivity contribution is -0.124. The molecule has 1 fully saturated rings. The third-order valence-corrected chi connectivity index (χ3v) is 4.29. The number of halogens is 1. The zero-order chi connectivity index (χ0) is 15.6. The van der Waals surface area contributed by atoms with Crippen molar-refractivity contribution < 1.29 is 19.1 Å². The van der Waals surface area contributed by atoms with E-state index in [9.17, 15) is 14.0 Å². The van der Waals surface area contributed by atoms with Gasteiger partial charge in [0.25, 0.3) is 0 Å². The number of carboxylic acid groups (broad SMARTS) is 1. The van der Waals surface area contributed by atoms with Crippen LogP contribution in [-0.4, -0.2) is 17.0 Å². The summed E-state index contributed by atoms with van der Waals surface area (Å²) in [6.07, 6.45) is 3.82. The van der Waals surface area contributed by atoms with Crippen LogP contribution < -0.4 is 5.32 Å². The van der Waals surface area contributed by atoms with E-state index in [0.717, 1.165) is 37.8 Å². The number of carboxylic acids is 1. The van der Waals surface area contributed by atoms with Gasteiger partial charge in [-0.15, -0.1) is 0 Å². The number of nitrogens with one attached hydrogen (secondary N) is 1. The van der Waals surface area contributed by atoms with Gasteiger partial charge in [0.05, 0.1) is 11.3 Å². The molecule has 1 aliphatic carbocycles. The number of hydrogen-bond acceptors (Lipinski definition) is 2. The number of hydrogen-bond donors (Lipinski definition) is 2. The fourth-order valence-corrected chi connectivity index (χ4v) is 2.95. The van der Waals surface area contributed by atoms with Crippen molar-refractivity contribution in [1.82, 2.24) is 0 Å². The quantitative estimate of drug-likeness (QED) is 0.893. The van der Waals surface area contributed by atoms with Crippen molar-refractivity contribution in [2.45, 2.75) is 39.5 Å². The summed E-state index contributed by atoms with van der Waals surface area (Å²) in [5, 5.41) is 11.5. The molecule has 2 N–H and O–H groups in total. The molecular weight excluding hydrogens is 273 g/mol. The molecule has 5 heteroatoms. The van der Waals surface area contributed by atoms with Gasteiger partial charge in [0.15, 0.2) is 0 Å². The van der Waals surface area contributed by atoms with Crippen LogP contribution in [-0.2, 0) is 4.79 Å². The second-order valence-electron chi connectivity index (χ2n) is 6.28. The number of aromatic carboxylic acids is 1. The van der Waals surface area contributed by atoms with E-state index in [1.165, 1.54) is 6.07 Å². The van der Waals surface area contributed by atoms with E-state index < -0.39 is 11.8 Å². The fraction of sp³-hybridized carbons (Fsp3) is 0.500. The number of anilines is 1. The summed E-state index contributed by atoms with van der Waals surface area (Å²) >= 11 is 0. The third-order valence-electron chi connectivity index (χ3n) is 4.29. The largest absolute Gasteiger partial charge is 0.478 e. The van der Waals surface area contributed by atoms with Crippen LogP contribution in [0.1, 0.15) is 49.9 Å². The second-order valence-corrected chi connectivity index (χ2v) is 6.28. The maximum Gasteiger partial charge on any atom is 0.335 e. The van der Waals surface area contributed by atoms with Crippen molar-refractivity contribution in [2.75, 3.05) is 5.32 Å². The average molecular weight is 293 g/mol. The Morgan fingerprint density at radius 3 is 2.67 bits per heavy atom. The normalized spacial score (nSPS) is 20.8. The molecule has 1 aromatic rings. The first-order valence-electron chi connectivity index (χ1n) is 7.15. The smallest absolute Gasteiger partial charge is 0.335 e. The molecule has 0 spiro atoms. The Labute approximate surface area is 123 Å². The highest BCUT2D eigenvalue weighted by molar-refractivity contribution is 5.95. The average Bonchev–Trinajstić information content (AvgIpc) is 2.40. The minimum Gasteiger partial charge on any atom is -0.478 e. The van der Waals surface area contributed by atoms with Crippen LogP contribution in [0, 0.1) is 17.2 Å². The summed E-state index contributed by atoms with van der Waals surface area (Å²) in [5.41, 5.74) is -0.237. The van der Waals surface area contributed by atoms with Gasteiger partial charge in [-0.25, -0.2) is 9.18 Å². The molecule has 4 nitrogen and oxygen atoms in total. The first kappa shape index (κ1) is 15.5. The van der Waals surface area contributed by atoms with Crippen LogP contribution >= 0.6 is 0 Å². The van der Waals surface area contributed by atoms with Gasteiger partial charge in [-0.05, 0) is 36.5 Å². The zero-order valence-electron chi connectivity index (χ0n) is 12.3. The van der Waals surface area contributed by atoms with Gasteiger partial charge in [0.2, 0.25) is 5.91 Å². The highest BCUT2D eigenvalue weighted by atomic mass is 19.1. The van der Waals surface area contributed by atoms with E-state index in [0.29, 0.717) is 0 Å². The molecule has 0 aliphatic heterocycles. The van der Waals surface area contributed by atoms with Crippen LogP contribution in [0.15, 0.2) is 18.2 Å². The van der Waals surface area contributed by atoms with E-state index >= 15 is 0 Å². The van der Waals surface area contributed by atoms with Gasteiger partial charge in [0, 0.05) is 5.92 Å². The molecule has 114 valence electrons. The molecule has 21 heavy (non-hydrogen) atoms. The number of amides is 1. The fourth-order valence-electron chi connectivity index (χ4n) is 2.95. The highest BCUT2D eigenvalue weighted by Gasteiger charge is 2.37. The summed E-state index contributed by atoms with van der Waals surface area (Å²) in [5.74, 6) is -2.19. The Balaban J connectivity index is 2.19. The number of carbonyl (C=O) groups excluding carboxylic acids is 1. The van der Waals surface area contributed by atoms with Crippen LogP contribution in [0.3, 0.4) is 0 Å². The van der Waals surface area contributed by atoms with E-state index in [4.69, 9.17) is 5.11 Å². The second kappa shape index (κ2) is 5.84. The summed E-state index contributed by atoms with van der Waals surface area (Å²) in [7, 11) is 0. The first-order chi connectivity index (χ1) is 9.81. The minimum atomic E-state index is -1.15. The molecule has 0 saturated heterocycles. The highest BCUT2D eigenvalue weighted by Crippen LogP contribution is 2.41. The summed E-state index contributed by atoms with van der Waals surface area (Å²) < 4.78 is 13.7. The van der Waals surface area contributed by atoms with Crippen LogP contribution in [0.2, 0.25) is 0 Å². The van der Waals surface area contributed by atoms with Crippen molar-refractivity contribution in [3.8, 4) is 0 Å². The van der Waals surface area contributed by atoms with Crippen molar-refractivity contribution >= 4 is 17.6 Å². The van der Waals surface area contributed by atoms with Crippen molar-refractivity contribution in [1.29, 1.82) is 0 Å². The molecule has 1 saturated carbocycles. The molecule has 0 heterocycles. The molecule has 0 aromatic heterocycles. The van der Waals surface area contributed by atoms with Crippen molar-refractivity contribution in [3.63, 3.8) is 0 Å². The SMILES string of the molecule is CC1(C)CCCCC1C(=O)Nc1cc(C(=O)O)ccc1F. The molecular formula is C16H20FNO3. The van der Waals surface area contributed by atoms with E-state index in [1.54, 1.807) is 0 Å². The molecule has 0 radical (unpaired) electrons. The summed E-state index contributed by atoms with van der Waals surface area (Å²) in [6, 6.07) is 3.40. The molecule has 1 aliphatic rings. The molecule has 1 amide bonds. The molecule has 2 rings (SSSR count). The van der Waals surface area contributed by atoms with Gasteiger partial charge in [-0.3, -0.25) is 4.79 Å². The Morgan fingerprint density at radius 2 is 2.05 bits per heavy atom. The summed E-state index contributed by atoms with van der Waals surface area (Å²) in [4.78, 5) is 23.3. The Bertz CT molecular complexity index is 569. The van der Waals surface area contributed by atoms with Crippen LogP contribution in [0.25, 0.3) is 0 Å². The maximum atomic E-state index is 13.7.